The van der Waals surface area contributed by atoms with E-state index in [0.717, 1.165) is 18.7 Å². The fourth-order valence-electron chi connectivity index (χ4n) is 4.00. The summed E-state index contributed by atoms with van der Waals surface area (Å²) in [6.45, 7) is 4.49. The summed E-state index contributed by atoms with van der Waals surface area (Å²) < 4.78 is 0. The third-order valence-corrected chi connectivity index (χ3v) is 7.09. The Morgan fingerprint density at radius 1 is 0.966 bits per heavy atom. The van der Waals surface area contributed by atoms with Crippen molar-refractivity contribution in [3.63, 3.8) is 0 Å². The third kappa shape index (κ3) is 4.23. The van der Waals surface area contributed by atoms with Crippen molar-refractivity contribution in [1.82, 2.24) is 9.80 Å². The topological polar surface area (TPSA) is 43.9 Å². The number of piperazine rings is 1. The first-order valence-corrected chi connectivity index (χ1v) is 11.2. The van der Waals surface area contributed by atoms with E-state index >= 15 is 0 Å². The Bertz CT molecular complexity index is 869. The van der Waals surface area contributed by atoms with Crippen molar-refractivity contribution in [2.45, 2.75) is 18.3 Å². The number of carbonyl (C=O) groups excluding carboxylic acids is 2. The van der Waals surface area contributed by atoms with Crippen LogP contribution in [0.15, 0.2) is 54.6 Å². The van der Waals surface area contributed by atoms with E-state index < -0.39 is 6.04 Å². The molecule has 2 amide bonds. The molecule has 4 rings (SSSR count). The number of para-hydroxylation sites is 1. The molecule has 0 bridgehead atoms. The van der Waals surface area contributed by atoms with Gasteiger partial charge in [0.25, 0.3) is 0 Å². The second-order valence-electron chi connectivity index (χ2n) is 7.33. The number of hydrogen-bond acceptors (Lipinski definition) is 4. The van der Waals surface area contributed by atoms with Crippen LogP contribution in [0.3, 0.4) is 0 Å². The van der Waals surface area contributed by atoms with Crippen LogP contribution >= 0.6 is 23.4 Å². The van der Waals surface area contributed by atoms with Gasteiger partial charge in [-0.1, -0.05) is 41.9 Å². The summed E-state index contributed by atoms with van der Waals surface area (Å²) in [5.41, 5.74) is 2.18. The second-order valence-corrected chi connectivity index (χ2v) is 8.88. The van der Waals surface area contributed by atoms with Gasteiger partial charge in [0.05, 0.1) is 0 Å². The van der Waals surface area contributed by atoms with E-state index in [1.165, 1.54) is 5.69 Å². The molecule has 2 fully saturated rings. The number of hydrogen-bond donors (Lipinski definition) is 0. The number of halogens is 1. The van der Waals surface area contributed by atoms with Gasteiger partial charge >= 0.3 is 0 Å². The summed E-state index contributed by atoms with van der Waals surface area (Å²) in [4.78, 5) is 31.6. The molecule has 2 aliphatic rings. The lowest BCUT2D eigenvalue weighted by atomic mass is 10.1. The highest BCUT2D eigenvalue weighted by Gasteiger charge is 2.42. The molecule has 2 heterocycles. The molecule has 0 radical (unpaired) electrons. The maximum Gasteiger partial charge on any atom is 0.246 e. The Morgan fingerprint density at radius 3 is 2.24 bits per heavy atom. The molecule has 0 unspecified atom stereocenters. The molecule has 7 heteroatoms. The number of carbonyl (C=O) groups is 2. The van der Waals surface area contributed by atoms with Gasteiger partial charge in [-0.25, -0.2) is 0 Å². The smallest absolute Gasteiger partial charge is 0.246 e. The average Bonchev–Trinajstić information content (AvgIpc) is 3.20. The number of rotatable bonds is 3. The van der Waals surface area contributed by atoms with E-state index in [1.54, 1.807) is 23.6 Å². The zero-order valence-corrected chi connectivity index (χ0v) is 17.9. The van der Waals surface area contributed by atoms with Gasteiger partial charge in [0.1, 0.15) is 11.4 Å². The number of anilines is 1. The summed E-state index contributed by atoms with van der Waals surface area (Å²) >= 11 is 7.64. The molecule has 2 aromatic rings. The molecule has 5 nitrogen and oxygen atoms in total. The third-order valence-electron chi connectivity index (χ3n) is 5.52. The van der Waals surface area contributed by atoms with Crippen molar-refractivity contribution < 1.29 is 9.59 Å². The number of amides is 2. The number of benzene rings is 2. The first kappa shape index (κ1) is 20.1. The molecular formula is C22H24ClN3O2S. The van der Waals surface area contributed by atoms with Crippen LogP contribution in [0.2, 0.25) is 5.02 Å². The van der Waals surface area contributed by atoms with Crippen molar-refractivity contribution in [2.24, 2.45) is 0 Å². The maximum atomic E-state index is 13.3. The molecule has 29 heavy (non-hydrogen) atoms. The van der Waals surface area contributed by atoms with Gasteiger partial charge in [0.2, 0.25) is 11.8 Å². The van der Waals surface area contributed by atoms with Crippen molar-refractivity contribution in [3.05, 3.63) is 65.2 Å². The largest absolute Gasteiger partial charge is 0.368 e. The van der Waals surface area contributed by atoms with Gasteiger partial charge in [-0.15, -0.1) is 11.8 Å². The first-order valence-electron chi connectivity index (χ1n) is 9.79. The van der Waals surface area contributed by atoms with E-state index in [4.69, 9.17) is 11.6 Å². The van der Waals surface area contributed by atoms with Gasteiger partial charge in [-0.2, -0.15) is 0 Å². The van der Waals surface area contributed by atoms with E-state index in [2.05, 4.69) is 17.0 Å². The molecule has 2 aromatic carbocycles. The Labute approximate surface area is 180 Å². The molecule has 0 N–H and O–H groups in total. The van der Waals surface area contributed by atoms with E-state index in [-0.39, 0.29) is 17.2 Å². The summed E-state index contributed by atoms with van der Waals surface area (Å²) in [5, 5.41) is 0.513. The minimum atomic E-state index is -0.415. The molecule has 0 aliphatic carbocycles. The Kier molecular flexibility index (Phi) is 6.01. The van der Waals surface area contributed by atoms with Crippen LogP contribution < -0.4 is 4.90 Å². The monoisotopic (exact) mass is 429 g/mol. The summed E-state index contributed by atoms with van der Waals surface area (Å²) in [6, 6.07) is 17.4. The molecule has 0 saturated carbocycles. The minimum Gasteiger partial charge on any atom is -0.368 e. The molecule has 0 aromatic heterocycles. The Balaban J connectivity index is 1.44. The molecule has 2 aliphatic heterocycles. The van der Waals surface area contributed by atoms with Gasteiger partial charge in [0.15, 0.2) is 0 Å². The zero-order chi connectivity index (χ0) is 20.4. The molecule has 2 atom stereocenters. The SMILES string of the molecule is CC(=O)N1[C@H](C(=O)N2CCN(c3ccccc3)CC2)CS[C@H]1c1ccc(Cl)cc1. The van der Waals surface area contributed by atoms with E-state index in [9.17, 15) is 9.59 Å². The molecule has 2 saturated heterocycles. The lowest BCUT2D eigenvalue weighted by Crippen LogP contribution is -2.55. The second kappa shape index (κ2) is 8.67. The van der Waals surface area contributed by atoms with Crippen LogP contribution in [-0.4, -0.2) is 59.6 Å². The van der Waals surface area contributed by atoms with Crippen LogP contribution in [-0.2, 0) is 9.59 Å². The highest BCUT2D eigenvalue weighted by molar-refractivity contribution is 7.99. The molecule has 0 spiro atoms. The number of thioether (sulfide) groups is 1. The van der Waals surface area contributed by atoms with Crippen LogP contribution in [0.25, 0.3) is 0 Å². The summed E-state index contributed by atoms with van der Waals surface area (Å²) in [5.74, 6) is 0.595. The lowest BCUT2D eigenvalue weighted by Gasteiger charge is -2.38. The minimum absolute atomic E-state index is 0.0527. The highest BCUT2D eigenvalue weighted by atomic mass is 35.5. The average molecular weight is 430 g/mol. The fourth-order valence-corrected chi connectivity index (χ4v) is 5.60. The van der Waals surface area contributed by atoms with Crippen molar-refractivity contribution >= 4 is 40.9 Å². The van der Waals surface area contributed by atoms with Crippen molar-refractivity contribution in [2.75, 3.05) is 36.8 Å². The predicted molar refractivity (Wildman–Crippen MR) is 118 cm³/mol. The first-order chi connectivity index (χ1) is 14.0. The predicted octanol–water partition coefficient (Wildman–Crippen LogP) is 3.65. The molecule has 152 valence electrons. The van der Waals surface area contributed by atoms with Crippen molar-refractivity contribution in [3.8, 4) is 0 Å². The van der Waals surface area contributed by atoms with Crippen LogP contribution in [0.4, 0.5) is 5.69 Å². The van der Waals surface area contributed by atoms with Crippen molar-refractivity contribution in [1.29, 1.82) is 0 Å². The Morgan fingerprint density at radius 2 is 1.62 bits per heavy atom. The fraction of sp³-hybridized carbons (Fsp3) is 0.364. The highest BCUT2D eigenvalue weighted by Crippen LogP contribution is 2.42. The standard InChI is InChI=1S/C22H24ClN3O2S/c1-16(27)26-20(15-29-22(26)17-7-9-18(23)10-8-17)21(28)25-13-11-24(12-14-25)19-5-3-2-4-6-19/h2-10,20,22H,11-15H2,1H3/t20-,22-/m0/s1. The van der Waals surface area contributed by atoms with Crippen LogP contribution in [0.1, 0.15) is 17.9 Å². The van der Waals surface area contributed by atoms with Gasteiger partial charge in [-0.05, 0) is 29.8 Å². The lowest BCUT2D eigenvalue weighted by molar-refractivity contribution is -0.144. The number of nitrogens with zero attached hydrogens (tertiary/aromatic N) is 3. The normalized spacial score (nSPS) is 22.1. The van der Waals surface area contributed by atoms with Crippen LogP contribution in [0.5, 0.6) is 0 Å². The quantitative estimate of drug-likeness (QED) is 0.747. The van der Waals surface area contributed by atoms with Gasteiger partial charge < -0.3 is 14.7 Å². The summed E-state index contributed by atoms with van der Waals surface area (Å²) in [6.07, 6.45) is 0. The maximum absolute atomic E-state index is 13.3. The zero-order valence-electron chi connectivity index (χ0n) is 16.3. The Hall–Kier alpha value is -2.18. The molecular weight excluding hydrogens is 406 g/mol. The summed E-state index contributed by atoms with van der Waals surface area (Å²) in [7, 11) is 0. The van der Waals surface area contributed by atoms with Gasteiger partial charge in [0, 0.05) is 49.6 Å². The van der Waals surface area contributed by atoms with E-state index in [1.807, 2.05) is 47.4 Å². The van der Waals surface area contributed by atoms with Crippen LogP contribution in [0, 0.1) is 0 Å². The van der Waals surface area contributed by atoms with Gasteiger partial charge in [-0.3, -0.25) is 9.59 Å². The van der Waals surface area contributed by atoms with E-state index in [0.29, 0.717) is 23.9 Å².